The van der Waals surface area contributed by atoms with Crippen LogP contribution < -0.4 is 10.1 Å². The number of halogens is 1. The molecule has 22 heavy (non-hydrogen) atoms. The Kier molecular flexibility index (Phi) is 3.89. The van der Waals surface area contributed by atoms with Crippen LogP contribution in [0.1, 0.15) is 10.5 Å². The van der Waals surface area contributed by atoms with Crippen molar-refractivity contribution in [3.63, 3.8) is 0 Å². The quantitative estimate of drug-likeness (QED) is 0.803. The highest BCUT2D eigenvalue weighted by Gasteiger charge is 2.16. The maximum atomic E-state index is 12.4. The molecule has 110 valence electrons. The SMILES string of the molecule is COc1ccccc1NC(=O)c1nc2ccccc2nc1Cl. The lowest BCUT2D eigenvalue weighted by atomic mass is 10.2. The van der Waals surface area contributed by atoms with Gasteiger partial charge in [-0.2, -0.15) is 0 Å². The predicted octanol–water partition coefficient (Wildman–Crippen LogP) is 3.54. The Balaban J connectivity index is 1.97. The van der Waals surface area contributed by atoms with E-state index < -0.39 is 5.91 Å². The highest BCUT2D eigenvalue weighted by atomic mass is 35.5. The zero-order valence-electron chi connectivity index (χ0n) is 11.7. The van der Waals surface area contributed by atoms with Crippen molar-refractivity contribution < 1.29 is 9.53 Å². The Morgan fingerprint density at radius 2 is 1.68 bits per heavy atom. The lowest BCUT2D eigenvalue weighted by Gasteiger charge is -2.10. The number of anilines is 1. The van der Waals surface area contributed by atoms with Gasteiger partial charge in [0.25, 0.3) is 5.91 Å². The summed E-state index contributed by atoms with van der Waals surface area (Å²) in [7, 11) is 1.54. The number of nitrogens with one attached hydrogen (secondary N) is 1. The second-order valence-electron chi connectivity index (χ2n) is 4.51. The third-order valence-corrected chi connectivity index (χ3v) is 3.36. The minimum absolute atomic E-state index is 0.0612. The van der Waals surface area contributed by atoms with Crippen LogP contribution in [0.5, 0.6) is 5.75 Å². The van der Waals surface area contributed by atoms with E-state index in [-0.39, 0.29) is 10.8 Å². The molecule has 2 aromatic carbocycles. The molecule has 0 saturated heterocycles. The molecule has 0 radical (unpaired) electrons. The van der Waals surface area contributed by atoms with Crippen LogP contribution >= 0.6 is 11.6 Å². The Labute approximate surface area is 131 Å². The molecule has 3 aromatic rings. The molecule has 0 aliphatic heterocycles. The fourth-order valence-electron chi connectivity index (χ4n) is 2.05. The number of hydrogen-bond donors (Lipinski definition) is 1. The topological polar surface area (TPSA) is 64.1 Å². The number of carbonyl (C=O) groups excluding carboxylic acids is 1. The molecule has 0 aliphatic rings. The molecule has 1 N–H and O–H groups in total. The summed E-state index contributed by atoms with van der Waals surface area (Å²) in [6, 6.07) is 14.3. The summed E-state index contributed by atoms with van der Waals surface area (Å²) in [6.07, 6.45) is 0. The molecule has 1 heterocycles. The number of methoxy groups -OCH3 is 1. The Bertz CT molecular complexity index is 852. The van der Waals surface area contributed by atoms with Gasteiger partial charge in [-0.25, -0.2) is 9.97 Å². The van der Waals surface area contributed by atoms with E-state index in [0.717, 1.165) is 0 Å². The van der Waals surface area contributed by atoms with Gasteiger partial charge in [-0.1, -0.05) is 35.9 Å². The zero-order valence-corrected chi connectivity index (χ0v) is 12.5. The molecule has 0 fully saturated rings. The largest absolute Gasteiger partial charge is 0.495 e. The van der Waals surface area contributed by atoms with Crippen molar-refractivity contribution in [1.29, 1.82) is 0 Å². The molecule has 0 saturated carbocycles. The second-order valence-corrected chi connectivity index (χ2v) is 4.86. The summed E-state index contributed by atoms with van der Waals surface area (Å²) in [5.74, 6) is 0.119. The van der Waals surface area contributed by atoms with E-state index in [4.69, 9.17) is 16.3 Å². The van der Waals surface area contributed by atoms with E-state index in [2.05, 4.69) is 15.3 Å². The summed E-state index contributed by atoms with van der Waals surface area (Å²) >= 11 is 6.07. The molecule has 0 aliphatic carbocycles. The number of nitrogens with zero attached hydrogens (tertiary/aromatic N) is 2. The van der Waals surface area contributed by atoms with Gasteiger partial charge in [0.1, 0.15) is 5.75 Å². The van der Waals surface area contributed by atoms with Crippen molar-refractivity contribution in [2.24, 2.45) is 0 Å². The molecule has 0 spiro atoms. The molecule has 1 amide bonds. The number of fused-ring (bicyclic) bond motifs is 1. The summed E-state index contributed by atoms with van der Waals surface area (Å²) < 4.78 is 5.20. The number of aromatic nitrogens is 2. The third kappa shape index (κ3) is 2.71. The molecule has 0 unspecified atom stereocenters. The first-order valence-electron chi connectivity index (χ1n) is 6.55. The normalized spacial score (nSPS) is 10.5. The van der Waals surface area contributed by atoms with Crippen molar-refractivity contribution >= 4 is 34.2 Å². The predicted molar refractivity (Wildman–Crippen MR) is 85.5 cm³/mol. The lowest BCUT2D eigenvalue weighted by molar-refractivity contribution is 0.102. The fourth-order valence-corrected chi connectivity index (χ4v) is 2.27. The van der Waals surface area contributed by atoms with E-state index >= 15 is 0 Å². The van der Waals surface area contributed by atoms with Gasteiger partial charge >= 0.3 is 0 Å². The van der Waals surface area contributed by atoms with Crippen LogP contribution in [0.4, 0.5) is 5.69 Å². The zero-order chi connectivity index (χ0) is 15.5. The van der Waals surface area contributed by atoms with Gasteiger partial charge in [0, 0.05) is 0 Å². The molecule has 6 heteroatoms. The Morgan fingerprint density at radius 3 is 2.41 bits per heavy atom. The summed E-state index contributed by atoms with van der Waals surface area (Å²) in [5, 5.41) is 2.79. The summed E-state index contributed by atoms with van der Waals surface area (Å²) in [5.41, 5.74) is 1.87. The minimum atomic E-state index is -0.437. The van der Waals surface area contributed by atoms with Gasteiger partial charge in [-0.05, 0) is 24.3 Å². The van der Waals surface area contributed by atoms with Gasteiger partial charge in [0.05, 0.1) is 23.8 Å². The number of para-hydroxylation sites is 4. The number of ether oxygens (including phenoxy) is 1. The van der Waals surface area contributed by atoms with Crippen LogP contribution in [0, 0.1) is 0 Å². The van der Waals surface area contributed by atoms with Crippen molar-refractivity contribution in [3.8, 4) is 5.75 Å². The average Bonchev–Trinajstić information content (AvgIpc) is 2.54. The fraction of sp³-hybridized carbons (Fsp3) is 0.0625. The molecule has 5 nitrogen and oxygen atoms in total. The van der Waals surface area contributed by atoms with Gasteiger partial charge < -0.3 is 10.1 Å². The smallest absolute Gasteiger partial charge is 0.277 e. The molecule has 0 bridgehead atoms. The van der Waals surface area contributed by atoms with Gasteiger partial charge in [-0.15, -0.1) is 0 Å². The molecule has 3 rings (SSSR count). The number of amides is 1. The standard InChI is InChI=1S/C16H12ClN3O2/c1-22-13-9-5-4-8-12(13)20-16(21)14-15(17)19-11-7-3-2-6-10(11)18-14/h2-9H,1H3,(H,20,21). The number of rotatable bonds is 3. The van der Waals surface area contributed by atoms with E-state index in [1.54, 1.807) is 30.3 Å². The molecule has 1 aromatic heterocycles. The Morgan fingerprint density at radius 1 is 1.05 bits per heavy atom. The summed E-state index contributed by atoms with van der Waals surface area (Å²) in [6.45, 7) is 0. The van der Waals surface area contributed by atoms with Crippen LogP contribution in [0.3, 0.4) is 0 Å². The van der Waals surface area contributed by atoms with Gasteiger partial charge in [0.15, 0.2) is 10.8 Å². The first kappa shape index (κ1) is 14.3. The molecular formula is C16H12ClN3O2. The van der Waals surface area contributed by atoms with Crippen LogP contribution in [0.2, 0.25) is 5.15 Å². The lowest BCUT2D eigenvalue weighted by Crippen LogP contribution is -2.15. The van der Waals surface area contributed by atoms with Crippen LogP contribution in [0.25, 0.3) is 11.0 Å². The third-order valence-electron chi connectivity index (χ3n) is 3.10. The van der Waals surface area contributed by atoms with E-state index in [0.29, 0.717) is 22.5 Å². The van der Waals surface area contributed by atoms with Gasteiger partial charge in [0.2, 0.25) is 0 Å². The molecule has 0 atom stereocenters. The molecular weight excluding hydrogens is 302 g/mol. The van der Waals surface area contributed by atoms with Crippen molar-refractivity contribution in [2.45, 2.75) is 0 Å². The van der Waals surface area contributed by atoms with E-state index in [1.807, 2.05) is 18.2 Å². The first-order valence-corrected chi connectivity index (χ1v) is 6.93. The van der Waals surface area contributed by atoms with E-state index in [1.165, 1.54) is 7.11 Å². The highest BCUT2D eigenvalue weighted by Crippen LogP contribution is 2.24. The number of carbonyl (C=O) groups is 1. The van der Waals surface area contributed by atoms with Crippen LogP contribution in [-0.4, -0.2) is 23.0 Å². The number of hydrogen-bond acceptors (Lipinski definition) is 4. The van der Waals surface area contributed by atoms with Crippen molar-refractivity contribution in [3.05, 3.63) is 59.4 Å². The average molecular weight is 314 g/mol. The van der Waals surface area contributed by atoms with E-state index in [9.17, 15) is 4.79 Å². The van der Waals surface area contributed by atoms with Crippen molar-refractivity contribution in [2.75, 3.05) is 12.4 Å². The van der Waals surface area contributed by atoms with Crippen LogP contribution in [-0.2, 0) is 0 Å². The second kappa shape index (κ2) is 5.99. The van der Waals surface area contributed by atoms with Crippen LogP contribution in [0.15, 0.2) is 48.5 Å². The minimum Gasteiger partial charge on any atom is -0.495 e. The Hall–Kier alpha value is -2.66. The number of benzene rings is 2. The maximum absolute atomic E-state index is 12.4. The van der Waals surface area contributed by atoms with Gasteiger partial charge in [-0.3, -0.25) is 4.79 Å². The van der Waals surface area contributed by atoms with Crippen molar-refractivity contribution in [1.82, 2.24) is 9.97 Å². The first-order chi connectivity index (χ1) is 10.7. The summed E-state index contributed by atoms with van der Waals surface area (Å²) in [4.78, 5) is 20.9. The monoisotopic (exact) mass is 313 g/mol. The maximum Gasteiger partial charge on any atom is 0.277 e. The highest BCUT2D eigenvalue weighted by molar-refractivity contribution is 6.33.